The molecule has 2 saturated heterocycles. The van der Waals surface area contributed by atoms with Crippen molar-refractivity contribution in [1.82, 2.24) is 9.80 Å². The number of carbonyl (C=O) groups is 1. The molecule has 1 atom stereocenters. The van der Waals surface area contributed by atoms with Gasteiger partial charge in [-0.2, -0.15) is 5.26 Å². The number of rotatable bonds is 5. The lowest BCUT2D eigenvalue weighted by Crippen LogP contribution is -2.48. The first-order valence-corrected chi connectivity index (χ1v) is 9.68. The predicted molar refractivity (Wildman–Crippen MR) is 107 cm³/mol. The molecule has 2 aliphatic rings. The average molecular weight is 376 g/mol. The van der Waals surface area contributed by atoms with E-state index >= 15 is 0 Å². The van der Waals surface area contributed by atoms with Gasteiger partial charge in [0.05, 0.1) is 18.2 Å². The number of carbonyl (C=O) groups excluding carboxylic acids is 1. The Morgan fingerprint density at radius 2 is 1.64 bits per heavy atom. The molecule has 4 rings (SSSR count). The number of piperazine rings is 1. The van der Waals surface area contributed by atoms with Crippen LogP contribution in [0.3, 0.4) is 0 Å². The molecule has 0 aliphatic carbocycles. The van der Waals surface area contributed by atoms with Crippen LogP contribution in [0.4, 0.5) is 10.5 Å². The molecular weight excluding hydrogens is 352 g/mol. The lowest BCUT2D eigenvalue weighted by Gasteiger charge is -2.35. The van der Waals surface area contributed by atoms with Gasteiger partial charge in [0, 0.05) is 45.0 Å². The molecule has 0 aromatic heterocycles. The Labute approximate surface area is 165 Å². The van der Waals surface area contributed by atoms with Crippen molar-refractivity contribution in [3.05, 3.63) is 65.7 Å². The molecule has 28 heavy (non-hydrogen) atoms. The van der Waals surface area contributed by atoms with Gasteiger partial charge < -0.3 is 4.74 Å². The van der Waals surface area contributed by atoms with Crippen LogP contribution in [-0.2, 0) is 11.3 Å². The van der Waals surface area contributed by atoms with E-state index in [1.807, 2.05) is 6.07 Å². The van der Waals surface area contributed by atoms with Crippen LogP contribution in [0.1, 0.15) is 11.1 Å². The molecule has 0 radical (unpaired) electrons. The minimum atomic E-state index is -0.308. The van der Waals surface area contributed by atoms with Crippen molar-refractivity contribution in [3.63, 3.8) is 0 Å². The van der Waals surface area contributed by atoms with Gasteiger partial charge in [0.15, 0.2) is 0 Å². The molecule has 2 aromatic rings. The highest BCUT2D eigenvalue weighted by atomic mass is 16.6. The number of hydrogen-bond donors (Lipinski definition) is 0. The number of ether oxygens (including phenoxy) is 1. The van der Waals surface area contributed by atoms with Crippen molar-refractivity contribution in [2.75, 3.05) is 44.2 Å². The van der Waals surface area contributed by atoms with Crippen LogP contribution < -0.4 is 4.90 Å². The van der Waals surface area contributed by atoms with Gasteiger partial charge in [-0.25, -0.2) is 4.79 Å². The minimum absolute atomic E-state index is 0.121. The molecule has 6 nitrogen and oxygen atoms in total. The van der Waals surface area contributed by atoms with E-state index in [4.69, 9.17) is 10.00 Å². The van der Waals surface area contributed by atoms with Crippen molar-refractivity contribution >= 4 is 11.8 Å². The van der Waals surface area contributed by atoms with Crippen LogP contribution in [0.15, 0.2) is 54.6 Å². The number of nitrogens with zero attached hydrogens (tertiary/aromatic N) is 4. The van der Waals surface area contributed by atoms with Crippen molar-refractivity contribution in [1.29, 1.82) is 5.26 Å². The molecule has 0 bridgehead atoms. The van der Waals surface area contributed by atoms with E-state index in [1.165, 1.54) is 5.56 Å². The fourth-order valence-electron chi connectivity index (χ4n) is 3.80. The van der Waals surface area contributed by atoms with Crippen LogP contribution in [0.5, 0.6) is 0 Å². The lowest BCUT2D eigenvalue weighted by molar-refractivity contribution is 0.0747. The van der Waals surface area contributed by atoms with Crippen molar-refractivity contribution in [3.8, 4) is 6.07 Å². The summed E-state index contributed by atoms with van der Waals surface area (Å²) in [6.45, 7) is 6.31. The largest absolute Gasteiger partial charge is 0.443 e. The monoisotopic (exact) mass is 376 g/mol. The van der Waals surface area contributed by atoms with Crippen LogP contribution in [0, 0.1) is 11.3 Å². The maximum absolute atomic E-state index is 12.2. The van der Waals surface area contributed by atoms with Crippen molar-refractivity contribution in [2.24, 2.45) is 0 Å². The molecule has 1 amide bonds. The zero-order valence-electron chi connectivity index (χ0n) is 15.8. The number of hydrogen-bond acceptors (Lipinski definition) is 5. The molecule has 2 aliphatic heterocycles. The summed E-state index contributed by atoms with van der Waals surface area (Å²) in [6.07, 6.45) is -0.429. The van der Waals surface area contributed by atoms with E-state index in [-0.39, 0.29) is 12.2 Å². The molecule has 2 fully saturated rings. The number of amides is 1. The highest BCUT2D eigenvalue weighted by molar-refractivity contribution is 5.89. The summed E-state index contributed by atoms with van der Waals surface area (Å²) in [5, 5.41) is 8.91. The summed E-state index contributed by atoms with van der Waals surface area (Å²) in [7, 11) is 0. The fourth-order valence-corrected chi connectivity index (χ4v) is 3.80. The van der Waals surface area contributed by atoms with Gasteiger partial charge in [-0.05, 0) is 29.8 Å². The van der Waals surface area contributed by atoms with Gasteiger partial charge in [-0.3, -0.25) is 14.7 Å². The molecule has 1 unspecified atom stereocenters. The van der Waals surface area contributed by atoms with E-state index in [1.54, 1.807) is 29.2 Å². The standard InChI is InChI=1S/C22H24N4O2/c23-14-18-6-8-20(9-7-18)26-17-21(28-22(26)27)16-25-12-10-24(11-13-25)15-19-4-2-1-3-5-19/h1-9,21H,10-13,15-17H2. The maximum atomic E-state index is 12.2. The zero-order valence-corrected chi connectivity index (χ0v) is 15.8. The van der Waals surface area contributed by atoms with Gasteiger partial charge in [-0.1, -0.05) is 30.3 Å². The second kappa shape index (κ2) is 8.42. The first kappa shape index (κ1) is 18.5. The van der Waals surface area contributed by atoms with Gasteiger partial charge in [-0.15, -0.1) is 0 Å². The Morgan fingerprint density at radius 3 is 2.32 bits per heavy atom. The predicted octanol–water partition coefficient (Wildman–Crippen LogP) is 2.70. The Balaban J connectivity index is 1.26. The van der Waals surface area contributed by atoms with Crippen molar-refractivity contribution < 1.29 is 9.53 Å². The molecule has 144 valence electrons. The van der Waals surface area contributed by atoms with E-state index in [2.05, 4.69) is 40.1 Å². The minimum Gasteiger partial charge on any atom is -0.443 e. The number of cyclic esters (lactones) is 1. The second-order valence-electron chi connectivity index (χ2n) is 7.34. The van der Waals surface area contributed by atoms with E-state index in [0.717, 1.165) is 45.0 Å². The number of benzene rings is 2. The molecule has 0 saturated carbocycles. The van der Waals surface area contributed by atoms with Gasteiger partial charge in [0.2, 0.25) is 0 Å². The third-order valence-corrected chi connectivity index (χ3v) is 5.36. The summed E-state index contributed by atoms with van der Waals surface area (Å²) < 4.78 is 5.58. The highest BCUT2D eigenvalue weighted by Crippen LogP contribution is 2.23. The topological polar surface area (TPSA) is 59.8 Å². The number of anilines is 1. The van der Waals surface area contributed by atoms with Crippen LogP contribution in [0.25, 0.3) is 0 Å². The summed E-state index contributed by atoms with van der Waals surface area (Å²) in [5.41, 5.74) is 2.71. The van der Waals surface area contributed by atoms with E-state index < -0.39 is 0 Å². The maximum Gasteiger partial charge on any atom is 0.414 e. The normalized spacial score (nSPS) is 20.8. The Morgan fingerprint density at radius 1 is 0.964 bits per heavy atom. The molecule has 0 N–H and O–H groups in total. The SMILES string of the molecule is N#Cc1ccc(N2CC(CN3CCN(Cc4ccccc4)CC3)OC2=O)cc1. The third kappa shape index (κ3) is 4.33. The van der Waals surface area contributed by atoms with Gasteiger partial charge >= 0.3 is 6.09 Å². The Hall–Kier alpha value is -2.88. The third-order valence-electron chi connectivity index (χ3n) is 5.36. The Kier molecular flexibility index (Phi) is 5.56. The van der Waals surface area contributed by atoms with Gasteiger partial charge in [0.25, 0.3) is 0 Å². The fraction of sp³-hybridized carbons (Fsp3) is 0.364. The summed E-state index contributed by atoms with van der Waals surface area (Å²) in [6, 6.07) is 19.7. The lowest BCUT2D eigenvalue weighted by atomic mass is 10.2. The first-order valence-electron chi connectivity index (χ1n) is 9.68. The Bertz CT molecular complexity index is 839. The summed E-state index contributed by atoms with van der Waals surface area (Å²) >= 11 is 0. The second-order valence-corrected chi connectivity index (χ2v) is 7.34. The highest BCUT2D eigenvalue weighted by Gasteiger charge is 2.34. The summed E-state index contributed by atoms with van der Waals surface area (Å²) in [4.78, 5) is 18.7. The molecule has 2 aromatic carbocycles. The molecular formula is C22H24N4O2. The van der Waals surface area contributed by atoms with Crippen LogP contribution >= 0.6 is 0 Å². The van der Waals surface area contributed by atoms with Crippen LogP contribution in [-0.4, -0.2) is 61.3 Å². The van der Waals surface area contributed by atoms with E-state index in [0.29, 0.717) is 12.1 Å². The smallest absolute Gasteiger partial charge is 0.414 e. The molecule has 2 heterocycles. The number of nitriles is 1. The van der Waals surface area contributed by atoms with Crippen molar-refractivity contribution in [2.45, 2.75) is 12.6 Å². The summed E-state index contributed by atoms with van der Waals surface area (Å²) in [5.74, 6) is 0. The molecule has 6 heteroatoms. The average Bonchev–Trinajstić information content (AvgIpc) is 3.10. The first-order chi connectivity index (χ1) is 13.7. The molecule has 0 spiro atoms. The van der Waals surface area contributed by atoms with Crippen LogP contribution in [0.2, 0.25) is 0 Å². The quantitative estimate of drug-likeness (QED) is 0.803. The van der Waals surface area contributed by atoms with Gasteiger partial charge in [0.1, 0.15) is 6.10 Å². The zero-order chi connectivity index (χ0) is 19.3. The van der Waals surface area contributed by atoms with E-state index in [9.17, 15) is 4.79 Å².